The van der Waals surface area contributed by atoms with Gasteiger partial charge in [-0.25, -0.2) is 9.88 Å². The van der Waals surface area contributed by atoms with Gasteiger partial charge in [0.05, 0.1) is 5.56 Å². The van der Waals surface area contributed by atoms with Gasteiger partial charge < -0.3 is 10.2 Å². The Morgan fingerprint density at radius 2 is 2.08 bits per heavy atom. The maximum Gasteiger partial charge on any atom is 0.419 e. The van der Waals surface area contributed by atoms with Crippen molar-refractivity contribution < 1.29 is 27.8 Å². The summed E-state index contributed by atoms with van der Waals surface area (Å²) in [6.45, 7) is 7.17. The van der Waals surface area contributed by atoms with E-state index in [0.717, 1.165) is 43.1 Å². The van der Waals surface area contributed by atoms with Crippen molar-refractivity contribution in [3.8, 4) is 0 Å². The molecular formula is C17H26ClF3N4O+2. The lowest BCUT2D eigenvalue weighted by Crippen LogP contribution is -3.16. The van der Waals surface area contributed by atoms with Crippen molar-refractivity contribution in [3.63, 3.8) is 0 Å². The van der Waals surface area contributed by atoms with E-state index in [-0.39, 0.29) is 17.0 Å². The summed E-state index contributed by atoms with van der Waals surface area (Å²) in [6.07, 6.45) is -1.51. The van der Waals surface area contributed by atoms with Crippen LogP contribution in [-0.4, -0.2) is 44.7 Å². The second kappa shape index (κ2) is 8.90. The number of rotatable bonds is 6. The second-order valence-corrected chi connectivity index (χ2v) is 7.16. The number of H-pyrrole nitrogens is 1. The van der Waals surface area contributed by atoms with E-state index >= 15 is 0 Å². The highest BCUT2D eigenvalue weighted by Crippen LogP contribution is 2.31. The molecule has 1 aromatic rings. The number of quaternary nitrogens is 1. The molecule has 0 bridgehead atoms. The van der Waals surface area contributed by atoms with Crippen LogP contribution in [0.5, 0.6) is 0 Å². The molecule has 1 aromatic heterocycles. The molecule has 0 aromatic carbocycles. The highest BCUT2D eigenvalue weighted by atomic mass is 35.5. The Labute approximate surface area is 156 Å². The third kappa shape index (κ3) is 5.74. The summed E-state index contributed by atoms with van der Waals surface area (Å²) < 4.78 is 38.2. The first-order valence-electron chi connectivity index (χ1n) is 8.87. The molecule has 1 aliphatic heterocycles. The van der Waals surface area contributed by atoms with E-state index in [1.807, 2.05) is 11.8 Å². The fourth-order valence-electron chi connectivity index (χ4n) is 3.15. The summed E-state index contributed by atoms with van der Waals surface area (Å²) in [5.74, 6) is 0.522. The van der Waals surface area contributed by atoms with Gasteiger partial charge in [-0.05, 0) is 19.4 Å². The number of aromatic amines is 1. The molecule has 3 N–H and O–H groups in total. The maximum atomic E-state index is 12.7. The Bertz CT molecular complexity index is 619. The van der Waals surface area contributed by atoms with Gasteiger partial charge in [-0.3, -0.25) is 4.79 Å². The van der Waals surface area contributed by atoms with Gasteiger partial charge in [0.15, 0.2) is 6.54 Å². The molecule has 9 heteroatoms. The minimum Gasteiger partial charge on any atom is -0.349 e. The minimum atomic E-state index is -4.43. The Hall–Kier alpha value is -1.54. The normalized spacial score (nSPS) is 17.2. The van der Waals surface area contributed by atoms with Crippen molar-refractivity contribution in [1.29, 1.82) is 0 Å². The van der Waals surface area contributed by atoms with Crippen molar-refractivity contribution in [3.05, 3.63) is 22.8 Å². The molecule has 0 unspecified atom stereocenters. The van der Waals surface area contributed by atoms with Crippen molar-refractivity contribution >= 4 is 23.3 Å². The lowest BCUT2D eigenvalue weighted by molar-refractivity contribution is -0.892. The molecule has 26 heavy (non-hydrogen) atoms. The van der Waals surface area contributed by atoms with Crippen LogP contribution < -0.4 is 20.1 Å². The molecule has 146 valence electrons. The van der Waals surface area contributed by atoms with E-state index in [0.29, 0.717) is 25.5 Å². The molecule has 2 heterocycles. The lowest BCUT2D eigenvalue weighted by atomic mass is 10.2. The molecular weight excluding hydrogens is 369 g/mol. The predicted molar refractivity (Wildman–Crippen MR) is 93.3 cm³/mol. The number of hydrogen-bond acceptors (Lipinski definition) is 2. The first kappa shape index (κ1) is 20.8. The summed E-state index contributed by atoms with van der Waals surface area (Å²) in [7, 11) is 0. The number of halogens is 4. The molecule has 1 aliphatic rings. The van der Waals surface area contributed by atoms with Crippen molar-refractivity contribution in [2.45, 2.75) is 38.9 Å². The number of pyridine rings is 1. The topological polar surface area (TPSA) is 50.9 Å². The zero-order valence-corrected chi connectivity index (χ0v) is 15.8. The predicted octanol–water partition coefficient (Wildman–Crippen LogP) is 1.18. The van der Waals surface area contributed by atoms with E-state index in [9.17, 15) is 18.0 Å². The summed E-state index contributed by atoms with van der Waals surface area (Å²) in [5, 5.41) is 3.04. The van der Waals surface area contributed by atoms with Crippen LogP contribution in [0.3, 0.4) is 0 Å². The second-order valence-electron chi connectivity index (χ2n) is 6.75. The van der Waals surface area contributed by atoms with Crippen LogP contribution in [0.1, 0.15) is 32.3 Å². The van der Waals surface area contributed by atoms with Crippen LogP contribution in [0.25, 0.3) is 0 Å². The first-order valence-corrected chi connectivity index (χ1v) is 9.24. The van der Waals surface area contributed by atoms with Gasteiger partial charge in [-0.15, -0.1) is 0 Å². The van der Waals surface area contributed by atoms with Gasteiger partial charge in [-0.1, -0.05) is 24.9 Å². The summed E-state index contributed by atoms with van der Waals surface area (Å²) in [5.41, 5.74) is -0.798. The van der Waals surface area contributed by atoms with E-state index in [2.05, 4.69) is 17.2 Å². The van der Waals surface area contributed by atoms with E-state index in [4.69, 9.17) is 11.6 Å². The SMILES string of the molecule is CCC[C@H](C)NC(=O)C[NH+]1CCN(c2[nH+]cc(C(F)(F)F)cc2Cl)CC1. The van der Waals surface area contributed by atoms with E-state index in [1.54, 1.807) is 0 Å². The fraction of sp³-hybridized carbons (Fsp3) is 0.647. The zero-order chi connectivity index (χ0) is 19.3. The van der Waals surface area contributed by atoms with Crippen molar-refractivity contribution in [1.82, 2.24) is 5.32 Å². The monoisotopic (exact) mass is 394 g/mol. The van der Waals surface area contributed by atoms with Crippen LogP contribution in [0, 0.1) is 0 Å². The third-order valence-electron chi connectivity index (χ3n) is 4.53. The first-order chi connectivity index (χ1) is 12.2. The Morgan fingerprint density at radius 1 is 1.42 bits per heavy atom. The van der Waals surface area contributed by atoms with Crippen molar-refractivity contribution in [2.24, 2.45) is 0 Å². The standard InChI is InChI=1S/C17H24ClF3N4O/c1-3-4-12(2)23-15(26)11-24-5-7-25(8-6-24)16-14(18)9-13(10-22-16)17(19,20)21/h9-10,12H,3-8,11H2,1-2H3,(H,23,26)/p+2/t12-/m0/s1. The smallest absolute Gasteiger partial charge is 0.349 e. The van der Waals surface area contributed by atoms with Gasteiger partial charge in [0.25, 0.3) is 11.7 Å². The molecule has 1 amide bonds. The van der Waals surface area contributed by atoms with Crippen LogP contribution in [0.4, 0.5) is 19.0 Å². The number of nitrogens with zero attached hydrogens (tertiary/aromatic N) is 1. The summed E-state index contributed by atoms with van der Waals surface area (Å²) in [4.78, 5) is 17.8. The number of carbonyl (C=O) groups is 1. The number of carbonyl (C=O) groups excluding carboxylic acids is 1. The van der Waals surface area contributed by atoms with Gasteiger partial charge >= 0.3 is 6.18 Å². The summed E-state index contributed by atoms with van der Waals surface area (Å²) >= 11 is 6.03. The van der Waals surface area contributed by atoms with E-state index < -0.39 is 11.7 Å². The molecule has 0 saturated carbocycles. The Kier molecular flexibility index (Phi) is 7.11. The lowest BCUT2D eigenvalue weighted by Gasteiger charge is -2.28. The van der Waals surface area contributed by atoms with Gasteiger partial charge in [0, 0.05) is 6.04 Å². The highest BCUT2D eigenvalue weighted by Gasteiger charge is 2.35. The molecule has 0 aliphatic carbocycles. The summed E-state index contributed by atoms with van der Waals surface area (Å²) in [6, 6.07) is 1.11. The van der Waals surface area contributed by atoms with Gasteiger partial charge in [-0.2, -0.15) is 13.2 Å². The van der Waals surface area contributed by atoms with E-state index in [1.165, 1.54) is 0 Å². The zero-order valence-electron chi connectivity index (χ0n) is 15.0. The maximum absolute atomic E-state index is 12.7. The average Bonchev–Trinajstić information content (AvgIpc) is 2.55. The van der Waals surface area contributed by atoms with Crippen LogP contribution in [-0.2, 0) is 11.0 Å². The number of hydrogen-bond donors (Lipinski definition) is 2. The van der Waals surface area contributed by atoms with Crippen LogP contribution in [0.15, 0.2) is 12.3 Å². The number of aromatic nitrogens is 1. The van der Waals surface area contributed by atoms with Crippen LogP contribution >= 0.6 is 11.6 Å². The number of anilines is 1. The molecule has 1 atom stereocenters. The number of amides is 1. The van der Waals surface area contributed by atoms with Gasteiger partial charge in [0.2, 0.25) is 0 Å². The molecule has 1 fully saturated rings. The number of piperazine rings is 1. The number of alkyl halides is 3. The van der Waals surface area contributed by atoms with Crippen LogP contribution in [0.2, 0.25) is 5.02 Å². The molecule has 0 spiro atoms. The quantitative estimate of drug-likeness (QED) is 0.761. The third-order valence-corrected chi connectivity index (χ3v) is 4.81. The Balaban J connectivity index is 1.87. The molecule has 2 rings (SSSR count). The molecule has 5 nitrogen and oxygen atoms in total. The molecule has 1 saturated heterocycles. The average molecular weight is 395 g/mol. The Morgan fingerprint density at radius 3 is 2.62 bits per heavy atom. The van der Waals surface area contributed by atoms with Gasteiger partial charge in [0.1, 0.15) is 37.4 Å². The molecule has 0 radical (unpaired) electrons. The van der Waals surface area contributed by atoms with Crippen molar-refractivity contribution in [2.75, 3.05) is 37.6 Å². The highest BCUT2D eigenvalue weighted by molar-refractivity contribution is 6.32. The minimum absolute atomic E-state index is 0.0357. The largest absolute Gasteiger partial charge is 0.419 e. The fourth-order valence-corrected chi connectivity index (χ4v) is 3.44. The number of nitrogens with one attached hydrogen (secondary N) is 3.